The summed E-state index contributed by atoms with van der Waals surface area (Å²) in [4.78, 5) is 19.5. The van der Waals surface area contributed by atoms with Crippen LogP contribution in [0.25, 0.3) is 22.2 Å². The Bertz CT molecular complexity index is 1290. The van der Waals surface area contributed by atoms with Crippen LogP contribution in [-0.4, -0.2) is 47.9 Å². The summed E-state index contributed by atoms with van der Waals surface area (Å²) in [6.07, 6.45) is 3.88. The summed E-state index contributed by atoms with van der Waals surface area (Å²) >= 11 is 0. The molecule has 0 radical (unpaired) electrons. The first-order valence-electron chi connectivity index (χ1n) is 10.8. The van der Waals surface area contributed by atoms with Gasteiger partial charge >= 0.3 is 5.97 Å². The topological polar surface area (TPSA) is 116 Å². The normalized spacial score (nSPS) is 10.8. The molecule has 0 saturated heterocycles. The molecule has 2 N–H and O–H groups in total. The molecular weight excluding hydrogens is 438 g/mol. The molecule has 9 nitrogen and oxygen atoms in total. The largest absolute Gasteiger partial charge is 0.496 e. The summed E-state index contributed by atoms with van der Waals surface area (Å²) in [6.45, 7) is 2.46. The smallest absolute Gasteiger partial charge is 0.341 e. The number of aromatic nitrogens is 2. The van der Waals surface area contributed by atoms with Gasteiger partial charge in [-0.1, -0.05) is 0 Å². The summed E-state index contributed by atoms with van der Waals surface area (Å²) in [5.74, 6) is 1.22. The number of hydrogen-bond donors (Lipinski definition) is 2. The predicted octanol–water partition coefficient (Wildman–Crippen LogP) is 4.42. The lowest BCUT2D eigenvalue weighted by Crippen LogP contribution is -2.10. The van der Waals surface area contributed by atoms with Crippen molar-refractivity contribution in [1.29, 1.82) is 0 Å². The molecular formula is C25H25N3O6. The van der Waals surface area contributed by atoms with Crippen molar-refractivity contribution in [2.75, 3.05) is 32.2 Å². The van der Waals surface area contributed by atoms with Gasteiger partial charge in [0.1, 0.15) is 23.5 Å². The summed E-state index contributed by atoms with van der Waals surface area (Å²) < 4.78 is 21.9. The van der Waals surface area contributed by atoms with Crippen molar-refractivity contribution in [3.63, 3.8) is 0 Å². The van der Waals surface area contributed by atoms with Gasteiger partial charge in [-0.25, -0.2) is 14.8 Å². The van der Waals surface area contributed by atoms with Crippen molar-refractivity contribution in [1.82, 2.24) is 9.97 Å². The van der Waals surface area contributed by atoms with E-state index in [0.29, 0.717) is 36.2 Å². The molecule has 2 heterocycles. The molecule has 0 aliphatic carbocycles. The van der Waals surface area contributed by atoms with Gasteiger partial charge in [0.25, 0.3) is 0 Å². The van der Waals surface area contributed by atoms with Crippen LogP contribution in [0.5, 0.6) is 17.2 Å². The number of methoxy groups -OCH3 is 1. The number of furan rings is 1. The lowest BCUT2D eigenvalue weighted by molar-refractivity contribution is -0.139. The first-order chi connectivity index (χ1) is 16.6. The molecule has 2 aromatic carbocycles. The van der Waals surface area contributed by atoms with Gasteiger partial charge in [0.2, 0.25) is 0 Å². The second-order valence-electron chi connectivity index (χ2n) is 7.36. The van der Waals surface area contributed by atoms with Crippen LogP contribution < -0.4 is 19.5 Å². The highest BCUT2D eigenvalue weighted by Crippen LogP contribution is 2.33. The van der Waals surface area contributed by atoms with E-state index in [0.717, 1.165) is 34.3 Å². The van der Waals surface area contributed by atoms with Gasteiger partial charge in [-0.15, -0.1) is 0 Å². The number of nitrogens with zero attached hydrogens (tertiary/aromatic N) is 2. The molecule has 34 heavy (non-hydrogen) atoms. The predicted molar refractivity (Wildman–Crippen MR) is 127 cm³/mol. The fourth-order valence-electron chi connectivity index (χ4n) is 3.55. The monoisotopic (exact) mass is 463 g/mol. The summed E-state index contributed by atoms with van der Waals surface area (Å²) in [5, 5.41) is 13.2. The molecule has 0 bridgehead atoms. The number of anilines is 1. The van der Waals surface area contributed by atoms with Gasteiger partial charge in [0.15, 0.2) is 18.1 Å². The highest BCUT2D eigenvalue weighted by atomic mass is 16.5. The number of carbonyl (C=O) groups is 1. The SMILES string of the molecule is CCOc1cc(-c2cc(NCCc3cc4ccoc4cc3OC)ncn2)ccc1OCC(=O)O. The van der Waals surface area contributed by atoms with Gasteiger partial charge < -0.3 is 29.1 Å². The third-order valence-corrected chi connectivity index (χ3v) is 5.11. The van der Waals surface area contributed by atoms with E-state index in [9.17, 15) is 4.79 Å². The fourth-order valence-corrected chi connectivity index (χ4v) is 3.55. The molecule has 0 spiro atoms. The van der Waals surface area contributed by atoms with E-state index in [1.54, 1.807) is 31.6 Å². The van der Waals surface area contributed by atoms with Crippen LogP contribution in [0.4, 0.5) is 5.82 Å². The van der Waals surface area contributed by atoms with Gasteiger partial charge in [-0.2, -0.15) is 0 Å². The Morgan fingerprint density at radius 1 is 1.06 bits per heavy atom. The standard InChI is InChI=1S/C25H25N3O6/c1-3-32-23-11-16(4-5-20(23)34-14-25(29)30)19-12-24(28-15-27-19)26-8-6-17-10-18-7-9-33-22(18)13-21(17)31-2/h4-5,7,9-13,15H,3,6,8,14H2,1-2H3,(H,29,30)(H,26,27,28). The highest BCUT2D eigenvalue weighted by molar-refractivity contribution is 5.80. The van der Waals surface area contributed by atoms with Crippen molar-refractivity contribution in [3.05, 3.63) is 60.6 Å². The van der Waals surface area contributed by atoms with E-state index in [1.807, 2.05) is 25.1 Å². The van der Waals surface area contributed by atoms with Crippen LogP contribution >= 0.6 is 0 Å². The lowest BCUT2D eigenvalue weighted by Gasteiger charge is -2.13. The van der Waals surface area contributed by atoms with Crippen LogP contribution in [0.3, 0.4) is 0 Å². The lowest BCUT2D eigenvalue weighted by atomic mass is 10.1. The Hall–Kier alpha value is -4.27. The fraction of sp³-hybridized carbons (Fsp3) is 0.240. The number of carboxylic acids is 1. The minimum Gasteiger partial charge on any atom is -0.496 e. The average Bonchev–Trinajstić information content (AvgIpc) is 3.30. The Morgan fingerprint density at radius 2 is 1.94 bits per heavy atom. The Kier molecular flexibility index (Phi) is 7.12. The molecule has 4 aromatic rings. The maximum atomic E-state index is 10.8. The van der Waals surface area contributed by atoms with Crippen LogP contribution in [0, 0.1) is 0 Å². The van der Waals surface area contributed by atoms with Gasteiger partial charge in [-0.3, -0.25) is 0 Å². The molecule has 9 heteroatoms. The van der Waals surface area contributed by atoms with Crippen molar-refractivity contribution < 1.29 is 28.5 Å². The quantitative estimate of drug-likeness (QED) is 0.333. The minimum absolute atomic E-state index is 0.365. The number of rotatable bonds is 11. The molecule has 0 amide bonds. The number of nitrogens with one attached hydrogen (secondary N) is 1. The third kappa shape index (κ3) is 5.37. The number of benzene rings is 2. The number of fused-ring (bicyclic) bond motifs is 1. The molecule has 176 valence electrons. The van der Waals surface area contributed by atoms with E-state index in [4.69, 9.17) is 23.7 Å². The van der Waals surface area contributed by atoms with Crippen LogP contribution in [0.15, 0.2) is 59.5 Å². The van der Waals surface area contributed by atoms with Crippen molar-refractivity contribution in [3.8, 4) is 28.5 Å². The van der Waals surface area contributed by atoms with E-state index in [2.05, 4.69) is 21.4 Å². The summed E-state index contributed by atoms with van der Waals surface area (Å²) in [7, 11) is 1.65. The zero-order valence-electron chi connectivity index (χ0n) is 18.9. The number of ether oxygens (including phenoxy) is 3. The Morgan fingerprint density at radius 3 is 2.74 bits per heavy atom. The van der Waals surface area contributed by atoms with E-state index in [1.165, 1.54) is 6.33 Å². The first kappa shape index (κ1) is 22.9. The van der Waals surface area contributed by atoms with Crippen LogP contribution in [-0.2, 0) is 11.2 Å². The van der Waals surface area contributed by atoms with Gasteiger partial charge in [0.05, 0.1) is 25.7 Å². The van der Waals surface area contributed by atoms with E-state index < -0.39 is 12.6 Å². The zero-order chi connectivity index (χ0) is 23.9. The zero-order valence-corrected chi connectivity index (χ0v) is 18.9. The Labute approximate surface area is 196 Å². The maximum Gasteiger partial charge on any atom is 0.341 e. The molecule has 0 aliphatic heterocycles. The molecule has 2 aromatic heterocycles. The van der Waals surface area contributed by atoms with Gasteiger partial charge in [0, 0.05) is 29.6 Å². The molecule has 0 fully saturated rings. The highest BCUT2D eigenvalue weighted by Gasteiger charge is 2.12. The number of carboxylic acid groups (broad SMARTS) is 1. The molecule has 0 atom stereocenters. The van der Waals surface area contributed by atoms with E-state index >= 15 is 0 Å². The summed E-state index contributed by atoms with van der Waals surface area (Å²) in [6, 6.07) is 13.0. The Balaban J connectivity index is 1.47. The number of aliphatic carboxylic acids is 1. The number of hydrogen-bond acceptors (Lipinski definition) is 8. The first-order valence-corrected chi connectivity index (χ1v) is 10.8. The van der Waals surface area contributed by atoms with Gasteiger partial charge in [-0.05, 0) is 49.2 Å². The van der Waals surface area contributed by atoms with Crippen LogP contribution in [0.2, 0.25) is 0 Å². The van der Waals surface area contributed by atoms with Crippen molar-refractivity contribution in [2.24, 2.45) is 0 Å². The van der Waals surface area contributed by atoms with Crippen molar-refractivity contribution in [2.45, 2.75) is 13.3 Å². The van der Waals surface area contributed by atoms with E-state index in [-0.39, 0.29) is 0 Å². The second kappa shape index (κ2) is 10.6. The molecule has 0 unspecified atom stereocenters. The van der Waals surface area contributed by atoms with Crippen LogP contribution in [0.1, 0.15) is 12.5 Å². The average molecular weight is 463 g/mol. The summed E-state index contributed by atoms with van der Waals surface area (Å²) in [5.41, 5.74) is 3.35. The maximum absolute atomic E-state index is 10.8. The third-order valence-electron chi connectivity index (χ3n) is 5.11. The molecule has 0 aliphatic rings. The minimum atomic E-state index is -1.06. The molecule has 0 saturated carbocycles. The van der Waals surface area contributed by atoms with Crippen molar-refractivity contribution >= 4 is 22.8 Å². The second-order valence-corrected chi connectivity index (χ2v) is 7.36. The molecule has 4 rings (SSSR count).